The number of hydrogen-bond acceptors (Lipinski definition) is 1. The summed E-state index contributed by atoms with van der Waals surface area (Å²) >= 11 is 0. The van der Waals surface area contributed by atoms with Crippen molar-refractivity contribution in [3.63, 3.8) is 0 Å². The Kier molecular flexibility index (Phi) is 1.76. The Hall–Kier alpha value is -0.330. The maximum atomic E-state index is 12.1. The number of carbonyl (C=O) groups is 1. The van der Waals surface area contributed by atoms with E-state index >= 15 is 0 Å². The summed E-state index contributed by atoms with van der Waals surface area (Å²) in [7, 11) is 0. The van der Waals surface area contributed by atoms with Crippen molar-refractivity contribution in [2.75, 3.05) is 0 Å². The maximum absolute atomic E-state index is 12.1. The Morgan fingerprint density at radius 1 is 1.27 bits per heavy atom. The van der Waals surface area contributed by atoms with Gasteiger partial charge in [0.15, 0.2) is 0 Å². The van der Waals surface area contributed by atoms with Gasteiger partial charge in [0.2, 0.25) is 0 Å². The van der Waals surface area contributed by atoms with Gasteiger partial charge in [-0.25, -0.2) is 0 Å². The van der Waals surface area contributed by atoms with E-state index in [0.29, 0.717) is 22.5 Å². The molecule has 84 valence electrons. The lowest BCUT2D eigenvalue weighted by Gasteiger charge is -2.34. The Balaban J connectivity index is 2.05. The van der Waals surface area contributed by atoms with Gasteiger partial charge in [0.25, 0.3) is 0 Å². The molecular weight excluding hydrogens is 184 g/mol. The molecule has 1 heteroatoms. The standard InChI is InChI=1S/C14H22O/c1-9-4-5-10-6-12(15)11-7-13(2,3)8-14(9,10)11/h9-11H,4-8H2,1-3H3/t9-,10-,11-,14+/m1/s1. The Morgan fingerprint density at radius 2 is 2.00 bits per heavy atom. The molecule has 3 aliphatic carbocycles. The molecule has 15 heavy (non-hydrogen) atoms. The van der Waals surface area contributed by atoms with E-state index in [1.54, 1.807) is 0 Å². The molecular formula is C14H22O. The Morgan fingerprint density at radius 3 is 2.73 bits per heavy atom. The zero-order valence-corrected chi connectivity index (χ0v) is 10.2. The predicted molar refractivity (Wildman–Crippen MR) is 60.5 cm³/mol. The summed E-state index contributed by atoms with van der Waals surface area (Å²) in [6.07, 6.45) is 6.06. The average Bonchev–Trinajstić information content (AvgIpc) is 2.65. The largest absolute Gasteiger partial charge is 0.299 e. The number of Topliss-reactive ketones (excluding diaryl/α,β-unsaturated/α-hetero) is 1. The first-order valence-corrected chi connectivity index (χ1v) is 6.48. The molecule has 0 bridgehead atoms. The minimum Gasteiger partial charge on any atom is -0.299 e. The van der Waals surface area contributed by atoms with Gasteiger partial charge in [-0.3, -0.25) is 4.79 Å². The third kappa shape index (κ3) is 1.07. The van der Waals surface area contributed by atoms with Gasteiger partial charge in [-0.2, -0.15) is 0 Å². The van der Waals surface area contributed by atoms with Crippen LogP contribution in [0.15, 0.2) is 0 Å². The van der Waals surface area contributed by atoms with Gasteiger partial charge in [0, 0.05) is 12.3 Å². The van der Waals surface area contributed by atoms with Crippen molar-refractivity contribution in [2.45, 2.75) is 52.9 Å². The van der Waals surface area contributed by atoms with Gasteiger partial charge >= 0.3 is 0 Å². The fraction of sp³-hybridized carbons (Fsp3) is 0.929. The summed E-state index contributed by atoms with van der Waals surface area (Å²) in [5, 5.41) is 0. The topological polar surface area (TPSA) is 17.1 Å². The SMILES string of the molecule is C[C@@H]1CC[C@@H]2CC(=O)[C@H]3CC(C)(C)C[C@@]213. The summed E-state index contributed by atoms with van der Waals surface area (Å²) < 4.78 is 0. The highest BCUT2D eigenvalue weighted by Gasteiger charge is 2.65. The van der Waals surface area contributed by atoms with Crippen molar-refractivity contribution in [1.82, 2.24) is 0 Å². The zero-order chi connectivity index (χ0) is 10.8. The van der Waals surface area contributed by atoms with Crippen LogP contribution in [0.4, 0.5) is 0 Å². The molecule has 0 saturated heterocycles. The second-order valence-corrected chi connectivity index (χ2v) is 7.06. The molecule has 0 amide bonds. The molecule has 4 atom stereocenters. The van der Waals surface area contributed by atoms with E-state index in [1.165, 1.54) is 19.3 Å². The fourth-order valence-electron chi connectivity index (χ4n) is 5.20. The van der Waals surface area contributed by atoms with Crippen LogP contribution in [-0.2, 0) is 4.79 Å². The van der Waals surface area contributed by atoms with Crippen molar-refractivity contribution in [3.8, 4) is 0 Å². The molecule has 1 spiro atoms. The molecule has 0 heterocycles. The number of hydrogen-bond donors (Lipinski definition) is 0. The van der Waals surface area contributed by atoms with Gasteiger partial charge in [0.05, 0.1) is 0 Å². The summed E-state index contributed by atoms with van der Waals surface area (Å²) in [5.74, 6) is 2.56. The van der Waals surface area contributed by atoms with E-state index < -0.39 is 0 Å². The lowest BCUT2D eigenvalue weighted by atomic mass is 9.69. The molecule has 0 aromatic heterocycles. The zero-order valence-electron chi connectivity index (χ0n) is 10.2. The highest BCUT2D eigenvalue weighted by atomic mass is 16.1. The molecule has 0 aromatic carbocycles. The second kappa shape index (κ2) is 2.67. The van der Waals surface area contributed by atoms with Crippen LogP contribution >= 0.6 is 0 Å². The first kappa shape index (κ1) is 9.86. The van der Waals surface area contributed by atoms with Crippen LogP contribution in [0.5, 0.6) is 0 Å². The molecule has 3 saturated carbocycles. The van der Waals surface area contributed by atoms with Gasteiger partial charge < -0.3 is 0 Å². The van der Waals surface area contributed by atoms with E-state index in [9.17, 15) is 4.79 Å². The molecule has 0 N–H and O–H groups in total. The first-order chi connectivity index (χ1) is 6.96. The fourth-order valence-corrected chi connectivity index (χ4v) is 5.20. The van der Waals surface area contributed by atoms with Crippen molar-refractivity contribution in [2.24, 2.45) is 28.6 Å². The number of ketones is 1. The summed E-state index contributed by atoms with van der Waals surface area (Å²) in [6.45, 7) is 7.11. The minimum atomic E-state index is 0.414. The van der Waals surface area contributed by atoms with Gasteiger partial charge in [-0.15, -0.1) is 0 Å². The van der Waals surface area contributed by atoms with E-state index in [-0.39, 0.29) is 0 Å². The van der Waals surface area contributed by atoms with Crippen LogP contribution in [0.3, 0.4) is 0 Å². The highest BCUT2D eigenvalue weighted by molar-refractivity contribution is 5.85. The lowest BCUT2D eigenvalue weighted by molar-refractivity contribution is -0.122. The van der Waals surface area contributed by atoms with Crippen LogP contribution in [0.1, 0.15) is 52.9 Å². The summed E-state index contributed by atoms with van der Waals surface area (Å²) in [5.41, 5.74) is 0.845. The Bertz CT molecular complexity index is 317. The van der Waals surface area contributed by atoms with Crippen LogP contribution < -0.4 is 0 Å². The smallest absolute Gasteiger partial charge is 0.136 e. The quantitative estimate of drug-likeness (QED) is 0.593. The first-order valence-electron chi connectivity index (χ1n) is 6.48. The molecule has 1 nitrogen and oxygen atoms in total. The van der Waals surface area contributed by atoms with E-state index in [0.717, 1.165) is 24.7 Å². The van der Waals surface area contributed by atoms with Crippen molar-refractivity contribution >= 4 is 5.78 Å². The summed E-state index contributed by atoms with van der Waals surface area (Å²) in [4.78, 5) is 12.1. The van der Waals surface area contributed by atoms with Crippen LogP contribution in [-0.4, -0.2) is 5.78 Å². The molecule has 3 aliphatic rings. The third-order valence-corrected chi connectivity index (χ3v) is 5.65. The van der Waals surface area contributed by atoms with Gasteiger partial charge in [0.1, 0.15) is 5.78 Å². The maximum Gasteiger partial charge on any atom is 0.136 e. The van der Waals surface area contributed by atoms with Crippen molar-refractivity contribution < 1.29 is 4.79 Å². The molecule has 3 fully saturated rings. The number of carbonyl (C=O) groups excluding carboxylic acids is 1. The monoisotopic (exact) mass is 206 g/mol. The van der Waals surface area contributed by atoms with Crippen molar-refractivity contribution in [1.29, 1.82) is 0 Å². The van der Waals surface area contributed by atoms with Gasteiger partial charge in [-0.1, -0.05) is 20.8 Å². The molecule has 0 aliphatic heterocycles. The molecule has 0 aromatic rings. The normalized spacial score (nSPS) is 51.9. The van der Waals surface area contributed by atoms with E-state index in [2.05, 4.69) is 20.8 Å². The van der Waals surface area contributed by atoms with Crippen LogP contribution in [0, 0.1) is 28.6 Å². The highest BCUT2D eigenvalue weighted by Crippen LogP contribution is 2.69. The van der Waals surface area contributed by atoms with E-state index in [4.69, 9.17) is 0 Å². The average molecular weight is 206 g/mol. The third-order valence-electron chi connectivity index (χ3n) is 5.65. The number of rotatable bonds is 0. The van der Waals surface area contributed by atoms with Crippen LogP contribution in [0.2, 0.25) is 0 Å². The van der Waals surface area contributed by atoms with E-state index in [1.807, 2.05) is 0 Å². The summed E-state index contributed by atoms with van der Waals surface area (Å²) in [6, 6.07) is 0. The molecule has 0 unspecified atom stereocenters. The van der Waals surface area contributed by atoms with Crippen molar-refractivity contribution in [3.05, 3.63) is 0 Å². The Labute approximate surface area is 92.6 Å². The lowest BCUT2D eigenvalue weighted by Crippen LogP contribution is -2.30. The molecule has 3 rings (SSSR count). The van der Waals surface area contributed by atoms with Gasteiger partial charge in [-0.05, 0) is 48.3 Å². The molecule has 0 radical (unpaired) electrons. The minimum absolute atomic E-state index is 0.414. The predicted octanol–water partition coefficient (Wildman–Crippen LogP) is 3.43. The second-order valence-electron chi connectivity index (χ2n) is 7.06. The van der Waals surface area contributed by atoms with Crippen LogP contribution in [0.25, 0.3) is 0 Å².